The summed E-state index contributed by atoms with van der Waals surface area (Å²) in [5.41, 5.74) is -1.56. The third-order valence-corrected chi connectivity index (χ3v) is 2.76. The molecule has 0 aromatic heterocycles. The summed E-state index contributed by atoms with van der Waals surface area (Å²) in [5, 5.41) is 0. The third-order valence-electron chi connectivity index (χ3n) is 2.76. The number of imide groups is 1. The monoisotopic (exact) mass is 263 g/mol. The van der Waals surface area contributed by atoms with E-state index in [2.05, 4.69) is 0 Å². The Morgan fingerprint density at radius 3 is 2.53 bits per heavy atom. The van der Waals surface area contributed by atoms with Crippen LogP contribution in [0, 0.1) is 0 Å². The van der Waals surface area contributed by atoms with Crippen molar-refractivity contribution in [3.8, 4) is 0 Å². The number of ether oxygens (including phenoxy) is 2. The molecular weight excluding hydrogens is 250 g/mol. The zero-order valence-corrected chi connectivity index (χ0v) is 10.6. The second kappa shape index (κ2) is 4.72. The predicted molar refractivity (Wildman–Crippen MR) is 65.4 cm³/mol. The van der Waals surface area contributed by atoms with Crippen LogP contribution < -0.4 is 4.90 Å². The number of esters is 1. The minimum absolute atomic E-state index is 0.102. The highest BCUT2D eigenvalue weighted by molar-refractivity contribution is 6.26. The second-order valence-electron chi connectivity index (χ2n) is 4.10. The number of rotatable bonds is 3. The predicted octanol–water partition coefficient (Wildman–Crippen LogP) is 1.49. The topological polar surface area (TPSA) is 72.9 Å². The van der Waals surface area contributed by atoms with Gasteiger partial charge in [0, 0.05) is 0 Å². The lowest BCUT2D eigenvalue weighted by Gasteiger charge is -2.17. The van der Waals surface area contributed by atoms with E-state index in [0.717, 1.165) is 4.90 Å². The molecule has 1 atom stereocenters. The van der Waals surface area contributed by atoms with Crippen LogP contribution in [0.15, 0.2) is 30.3 Å². The van der Waals surface area contributed by atoms with Gasteiger partial charge in [-0.3, -0.25) is 4.79 Å². The van der Waals surface area contributed by atoms with Gasteiger partial charge in [0.1, 0.15) is 0 Å². The number of benzene rings is 1. The molecule has 0 N–H and O–H groups in total. The third kappa shape index (κ3) is 2.05. The molecule has 0 radical (unpaired) electrons. The largest absolute Gasteiger partial charge is 0.463 e. The minimum Gasteiger partial charge on any atom is -0.463 e. The van der Waals surface area contributed by atoms with E-state index in [9.17, 15) is 14.4 Å². The highest BCUT2D eigenvalue weighted by Crippen LogP contribution is 2.30. The van der Waals surface area contributed by atoms with E-state index in [0.29, 0.717) is 5.69 Å². The molecule has 1 aliphatic rings. The number of hydrogen-bond acceptors (Lipinski definition) is 5. The van der Waals surface area contributed by atoms with Crippen molar-refractivity contribution in [2.75, 3.05) is 11.5 Å². The van der Waals surface area contributed by atoms with Crippen LogP contribution in [0.25, 0.3) is 0 Å². The van der Waals surface area contributed by atoms with Crippen molar-refractivity contribution in [1.29, 1.82) is 0 Å². The van der Waals surface area contributed by atoms with Crippen molar-refractivity contribution in [3.05, 3.63) is 30.3 Å². The summed E-state index contributed by atoms with van der Waals surface area (Å²) in [6, 6.07) is 8.26. The van der Waals surface area contributed by atoms with Crippen molar-refractivity contribution in [2.45, 2.75) is 19.4 Å². The SMILES string of the molecule is CCOC(=O)C1(C)OC(=O)N(c2ccccc2)C1=O. The van der Waals surface area contributed by atoms with Gasteiger partial charge in [0.05, 0.1) is 12.3 Å². The fourth-order valence-electron chi connectivity index (χ4n) is 1.76. The fourth-order valence-corrected chi connectivity index (χ4v) is 1.76. The van der Waals surface area contributed by atoms with Gasteiger partial charge in [-0.15, -0.1) is 0 Å². The Bertz CT molecular complexity index is 527. The standard InChI is InChI=1S/C13H13NO5/c1-3-18-11(16)13(2)10(15)14(12(17)19-13)9-7-5-4-6-8-9/h4-8H,3H2,1-2H3. The summed E-state index contributed by atoms with van der Waals surface area (Å²) in [5.74, 6) is -1.62. The Balaban J connectivity index is 2.34. The summed E-state index contributed by atoms with van der Waals surface area (Å²) < 4.78 is 9.67. The highest BCUT2D eigenvalue weighted by Gasteiger charge is 2.57. The first-order valence-corrected chi connectivity index (χ1v) is 5.80. The van der Waals surface area contributed by atoms with Crippen LogP contribution in [0.3, 0.4) is 0 Å². The Morgan fingerprint density at radius 1 is 1.32 bits per heavy atom. The fraction of sp³-hybridized carbons (Fsp3) is 0.308. The van der Waals surface area contributed by atoms with E-state index in [1.54, 1.807) is 37.3 Å². The van der Waals surface area contributed by atoms with Crippen LogP contribution in [0.1, 0.15) is 13.8 Å². The Hall–Kier alpha value is -2.37. The maximum atomic E-state index is 12.2. The first-order chi connectivity index (χ1) is 9.00. The molecule has 6 nitrogen and oxygen atoms in total. The minimum atomic E-state index is -1.91. The second-order valence-corrected chi connectivity index (χ2v) is 4.10. The molecule has 2 amide bonds. The molecule has 1 heterocycles. The van der Waals surface area contributed by atoms with Gasteiger partial charge in [-0.25, -0.2) is 14.5 Å². The van der Waals surface area contributed by atoms with Crippen molar-refractivity contribution in [2.24, 2.45) is 0 Å². The zero-order chi connectivity index (χ0) is 14.0. The summed E-state index contributed by atoms with van der Waals surface area (Å²) in [7, 11) is 0. The van der Waals surface area contributed by atoms with Crippen LogP contribution in [0.5, 0.6) is 0 Å². The van der Waals surface area contributed by atoms with Crippen molar-refractivity contribution >= 4 is 23.7 Å². The van der Waals surface area contributed by atoms with E-state index in [-0.39, 0.29) is 6.61 Å². The normalized spacial score (nSPS) is 22.3. The molecule has 100 valence electrons. The number of amides is 2. The molecule has 1 aliphatic heterocycles. The molecule has 1 saturated heterocycles. The maximum absolute atomic E-state index is 12.2. The van der Waals surface area contributed by atoms with Crippen LogP contribution in [-0.4, -0.2) is 30.2 Å². The number of carbonyl (C=O) groups excluding carboxylic acids is 3. The summed E-state index contributed by atoms with van der Waals surface area (Å²) in [4.78, 5) is 36.6. The molecule has 6 heteroatoms. The summed E-state index contributed by atoms with van der Waals surface area (Å²) in [6.45, 7) is 2.94. The Labute approximate surface area is 109 Å². The molecular formula is C13H13NO5. The molecule has 19 heavy (non-hydrogen) atoms. The van der Waals surface area contributed by atoms with E-state index in [1.807, 2.05) is 0 Å². The van der Waals surface area contributed by atoms with Gasteiger partial charge in [0.25, 0.3) is 11.5 Å². The number of carbonyl (C=O) groups is 3. The Morgan fingerprint density at radius 2 is 1.95 bits per heavy atom. The molecule has 0 saturated carbocycles. The first kappa shape index (κ1) is 13.1. The number of para-hydroxylation sites is 1. The molecule has 0 spiro atoms. The molecule has 0 aliphatic carbocycles. The quantitative estimate of drug-likeness (QED) is 0.610. The van der Waals surface area contributed by atoms with E-state index >= 15 is 0 Å². The van der Waals surface area contributed by atoms with Gasteiger partial charge < -0.3 is 9.47 Å². The van der Waals surface area contributed by atoms with Gasteiger partial charge >= 0.3 is 12.1 Å². The van der Waals surface area contributed by atoms with Crippen LogP contribution in [-0.2, 0) is 19.1 Å². The van der Waals surface area contributed by atoms with Gasteiger partial charge in [-0.2, -0.15) is 0 Å². The molecule has 1 fully saturated rings. The van der Waals surface area contributed by atoms with Gasteiger partial charge in [0.15, 0.2) is 0 Å². The summed E-state index contributed by atoms with van der Waals surface area (Å²) >= 11 is 0. The van der Waals surface area contributed by atoms with Crippen molar-refractivity contribution < 1.29 is 23.9 Å². The molecule has 1 aromatic rings. The lowest BCUT2D eigenvalue weighted by Crippen LogP contribution is -2.46. The highest BCUT2D eigenvalue weighted by atomic mass is 16.6. The van der Waals surface area contributed by atoms with Crippen LogP contribution in [0.4, 0.5) is 10.5 Å². The average Bonchev–Trinajstić information content (AvgIpc) is 2.62. The molecule has 1 aromatic carbocycles. The van der Waals surface area contributed by atoms with E-state index < -0.39 is 23.6 Å². The number of anilines is 1. The van der Waals surface area contributed by atoms with Gasteiger partial charge in [-0.05, 0) is 26.0 Å². The zero-order valence-electron chi connectivity index (χ0n) is 10.6. The maximum Gasteiger partial charge on any atom is 0.423 e. The smallest absolute Gasteiger partial charge is 0.423 e. The lowest BCUT2D eigenvalue weighted by molar-refractivity contribution is -0.164. The summed E-state index contributed by atoms with van der Waals surface area (Å²) in [6.07, 6.45) is -0.883. The van der Waals surface area contributed by atoms with Crippen LogP contribution in [0.2, 0.25) is 0 Å². The van der Waals surface area contributed by atoms with Crippen molar-refractivity contribution in [1.82, 2.24) is 0 Å². The molecule has 0 bridgehead atoms. The molecule has 2 rings (SSSR count). The van der Waals surface area contributed by atoms with Gasteiger partial charge in [-0.1, -0.05) is 18.2 Å². The lowest BCUT2D eigenvalue weighted by atomic mass is 10.1. The average molecular weight is 263 g/mol. The number of cyclic esters (lactones) is 1. The molecule has 1 unspecified atom stereocenters. The number of nitrogens with zero attached hydrogens (tertiary/aromatic N) is 1. The van der Waals surface area contributed by atoms with E-state index in [4.69, 9.17) is 9.47 Å². The number of hydrogen-bond donors (Lipinski definition) is 0. The Kier molecular flexibility index (Phi) is 3.25. The first-order valence-electron chi connectivity index (χ1n) is 5.80. The van der Waals surface area contributed by atoms with Crippen molar-refractivity contribution in [3.63, 3.8) is 0 Å². The van der Waals surface area contributed by atoms with E-state index in [1.165, 1.54) is 6.92 Å². The van der Waals surface area contributed by atoms with Gasteiger partial charge in [0.2, 0.25) is 0 Å². The van der Waals surface area contributed by atoms with Crippen LogP contribution >= 0.6 is 0 Å².